The number of aryl methyl sites for hydroxylation is 1. The van der Waals surface area contributed by atoms with Crippen LogP contribution < -0.4 is 0 Å². The Kier molecular flexibility index (Phi) is 5.96. The molecule has 1 aromatic carbocycles. The van der Waals surface area contributed by atoms with E-state index in [9.17, 15) is 4.79 Å². The van der Waals surface area contributed by atoms with Crippen molar-refractivity contribution in [3.8, 4) is 0 Å². The van der Waals surface area contributed by atoms with Crippen LogP contribution in [0.1, 0.15) is 37.8 Å². The summed E-state index contributed by atoms with van der Waals surface area (Å²) in [5.41, 5.74) is 2.69. The fraction of sp³-hybridized carbons (Fsp3) is 0.650. The molecule has 3 nitrogen and oxygen atoms in total. The summed E-state index contributed by atoms with van der Waals surface area (Å²) in [6, 6.07) is 6.68. The molecule has 1 atom stereocenters. The molecule has 2 heterocycles. The highest BCUT2D eigenvalue weighted by molar-refractivity contribution is 6.30. The van der Waals surface area contributed by atoms with Crippen LogP contribution >= 0.6 is 11.6 Å². The van der Waals surface area contributed by atoms with Gasteiger partial charge in [0, 0.05) is 42.4 Å². The van der Waals surface area contributed by atoms with E-state index in [1.165, 1.54) is 11.1 Å². The van der Waals surface area contributed by atoms with Gasteiger partial charge < -0.3 is 9.64 Å². The van der Waals surface area contributed by atoms with Crippen molar-refractivity contribution < 1.29 is 9.53 Å². The van der Waals surface area contributed by atoms with Crippen molar-refractivity contribution in [1.82, 2.24) is 4.90 Å². The number of carbonyl (C=O) groups excluding carboxylic acids is 1. The second-order valence-corrected chi connectivity index (χ2v) is 7.89. The third-order valence-corrected chi connectivity index (χ3v) is 5.82. The number of ether oxygens (including phenoxy) is 1. The largest absolute Gasteiger partial charge is 0.381 e. The first-order valence-electron chi connectivity index (χ1n) is 9.16. The molecule has 0 radical (unpaired) electrons. The fourth-order valence-corrected chi connectivity index (χ4v) is 4.05. The first kappa shape index (κ1) is 17.9. The number of carbonyl (C=O) groups is 1. The van der Waals surface area contributed by atoms with Gasteiger partial charge in [-0.25, -0.2) is 0 Å². The van der Waals surface area contributed by atoms with Crippen molar-refractivity contribution in [2.45, 2.75) is 45.6 Å². The summed E-state index contributed by atoms with van der Waals surface area (Å²) in [5.74, 6) is 0.988. The van der Waals surface area contributed by atoms with Crippen LogP contribution in [0.2, 0.25) is 5.02 Å². The summed E-state index contributed by atoms with van der Waals surface area (Å²) in [6.07, 6.45) is 3.56. The Morgan fingerprint density at radius 2 is 1.88 bits per heavy atom. The third kappa shape index (κ3) is 4.19. The number of ketones is 1. The van der Waals surface area contributed by atoms with Crippen LogP contribution in [-0.2, 0) is 22.4 Å². The van der Waals surface area contributed by atoms with Gasteiger partial charge in [-0.15, -0.1) is 0 Å². The van der Waals surface area contributed by atoms with Crippen LogP contribution in [0.25, 0.3) is 0 Å². The zero-order valence-electron chi connectivity index (χ0n) is 14.8. The highest BCUT2D eigenvalue weighted by Crippen LogP contribution is 2.29. The lowest BCUT2D eigenvalue weighted by molar-refractivity contribution is -0.133. The summed E-state index contributed by atoms with van der Waals surface area (Å²) >= 11 is 6.22. The predicted octanol–water partition coefficient (Wildman–Crippen LogP) is 3.76. The Hall–Kier alpha value is -0.900. The van der Waals surface area contributed by atoms with E-state index in [1.807, 2.05) is 6.07 Å². The van der Waals surface area contributed by atoms with E-state index in [4.69, 9.17) is 16.3 Å². The second-order valence-electron chi connectivity index (χ2n) is 7.45. The van der Waals surface area contributed by atoms with Gasteiger partial charge in [0.25, 0.3) is 0 Å². The zero-order valence-corrected chi connectivity index (χ0v) is 15.5. The molecular weight excluding hydrogens is 322 g/mol. The number of Topliss-reactive ketones (excluding diaryl/α,β-unsaturated/α-hetero) is 1. The minimum Gasteiger partial charge on any atom is -0.381 e. The van der Waals surface area contributed by atoms with Crippen molar-refractivity contribution in [3.63, 3.8) is 0 Å². The van der Waals surface area contributed by atoms with E-state index < -0.39 is 0 Å². The lowest BCUT2D eigenvalue weighted by Gasteiger charge is -2.33. The lowest BCUT2D eigenvalue weighted by Crippen LogP contribution is -2.40. The van der Waals surface area contributed by atoms with Crippen molar-refractivity contribution in [2.24, 2.45) is 11.8 Å². The SMILES string of the molecule is CC(C)N1CCC(=O)C(C2COC2)CCc2ccc(Cl)cc2CC1. The monoisotopic (exact) mass is 349 g/mol. The molecule has 4 heteroatoms. The van der Waals surface area contributed by atoms with Crippen LogP contribution in [-0.4, -0.2) is 43.0 Å². The number of halogens is 1. The third-order valence-electron chi connectivity index (χ3n) is 5.58. The maximum absolute atomic E-state index is 12.8. The zero-order chi connectivity index (χ0) is 17.1. The Balaban J connectivity index is 1.84. The Morgan fingerprint density at radius 1 is 1.12 bits per heavy atom. The molecule has 0 amide bonds. The van der Waals surface area contributed by atoms with Gasteiger partial charge in [0.15, 0.2) is 0 Å². The molecule has 0 aliphatic carbocycles. The molecule has 132 valence electrons. The fourth-order valence-electron chi connectivity index (χ4n) is 3.86. The molecule has 0 saturated carbocycles. The molecule has 2 aliphatic heterocycles. The average Bonchev–Trinajstić information content (AvgIpc) is 2.52. The Morgan fingerprint density at radius 3 is 2.54 bits per heavy atom. The predicted molar refractivity (Wildman–Crippen MR) is 97.6 cm³/mol. The molecule has 3 rings (SSSR count). The summed E-state index contributed by atoms with van der Waals surface area (Å²) in [5, 5.41) is 0.805. The van der Waals surface area contributed by atoms with E-state index in [-0.39, 0.29) is 5.92 Å². The standard InChI is InChI=1S/C20H28ClNO2/c1-14(2)22-9-7-16-11-18(21)5-3-15(16)4-6-19(17-12-24-13-17)20(23)8-10-22/h3,5,11,14,17,19H,4,6-10,12-13H2,1-2H3. The summed E-state index contributed by atoms with van der Waals surface area (Å²) in [7, 11) is 0. The van der Waals surface area contributed by atoms with Crippen LogP contribution in [0.4, 0.5) is 0 Å². The molecular formula is C20H28ClNO2. The number of hydrogen-bond donors (Lipinski definition) is 0. The van der Waals surface area contributed by atoms with Crippen LogP contribution in [0.5, 0.6) is 0 Å². The van der Waals surface area contributed by atoms with E-state index in [2.05, 4.69) is 30.9 Å². The van der Waals surface area contributed by atoms with Crippen molar-refractivity contribution in [2.75, 3.05) is 26.3 Å². The van der Waals surface area contributed by atoms with Crippen LogP contribution in [0, 0.1) is 11.8 Å². The van der Waals surface area contributed by atoms with Gasteiger partial charge in [0.2, 0.25) is 0 Å². The van der Waals surface area contributed by atoms with Crippen LogP contribution in [0.3, 0.4) is 0 Å². The molecule has 0 N–H and O–H groups in total. The first-order valence-corrected chi connectivity index (χ1v) is 9.54. The molecule has 1 fully saturated rings. The van der Waals surface area contributed by atoms with Crippen molar-refractivity contribution in [1.29, 1.82) is 0 Å². The number of hydrogen-bond acceptors (Lipinski definition) is 3. The van der Waals surface area contributed by atoms with Gasteiger partial charge in [0.1, 0.15) is 5.78 Å². The highest BCUT2D eigenvalue weighted by Gasteiger charge is 2.33. The topological polar surface area (TPSA) is 29.5 Å². The maximum Gasteiger partial charge on any atom is 0.137 e. The van der Waals surface area contributed by atoms with Gasteiger partial charge in [-0.2, -0.15) is 0 Å². The lowest BCUT2D eigenvalue weighted by atomic mass is 9.81. The van der Waals surface area contributed by atoms with E-state index in [0.717, 1.165) is 50.6 Å². The molecule has 1 aromatic rings. The molecule has 1 unspecified atom stereocenters. The maximum atomic E-state index is 12.8. The highest BCUT2D eigenvalue weighted by atomic mass is 35.5. The summed E-state index contributed by atoms with van der Waals surface area (Å²) < 4.78 is 5.35. The smallest absolute Gasteiger partial charge is 0.137 e. The molecule has 1 saturated heterocycles. The molecule has 0 aromatic heterocycles. The van der Waals surface area contributed by atoms with Gasteiger partial charge in [0.05, 0.1) is 13.2 Å². The number of nitrogens with zero attached hydrogens (tertiary/aromatic N) is 1. The molecule has 0 bridgehead atoms. The number of rotatable bonds is 2. The first-order chi connectivity index (χ1) is 11.5. The van der Waals surface area contributed by atoms with E-state index in [0.29, 0.717) is 24.2 Å². The van der Waals surface area contributed by atoms with Gasteiger partial charge in [-0.3, -0.25) is 4.79 Å². The second kappa shape index (κ2) is 7.99. The van der Waals surface area contributed by atoms with E-state index in [1.54, 1.807) is 0 Å². The van der Waals surface area contributed by atoms with Crippen molar-refractivity contribution >= 4 is 17.4 Å². The van der Waals surface area contributed by atoms with Gasteiger partial charge in [-0.05, 0) is 56.4 Å². The number of fused-ring (bicyclic) bond motifs is 1. The van der Waals surface area contributed by atoms with Crippen LogP contribution in [0.15, 0.2) is 18.2 Å². The molecule has 0 spiro atoms. The minimum absolute atomic E-state index is 0.148. The quantitative estimate of drug-likeness (QED) is 0.814. The van der Waals surface area contributed by atoms with Gasteiger partial charge >= 0.3 is 0 Å². The summed E-state index contributed by atoms with van der Waals surface area (Å²) in [4.78, 5) is 15.2. The average molecular weight is 350 g/mol. The Bertz CT molecular complexity index is 583. The van der Waals surface area contributed by atoms with E-state index >= 15 is 0 Å². The normalized spacial score (nSPS) is 24.3. The minimum atomic E-state index is 0.148. The van der Waals surface area contributed by atoms with Crippen molar-refractivity contribution in [3.05, 3.63) is 34.3 Å². The Labute approximate surface area is 150 Å². The summed E-state index contributed by atoms with van der Waals surface area (Å²) in [6.45, 7) is 7.75. The number of benzene rings is 1. The molecule has 2 aliphatic rings. The van der Waals surface area contributed by atoms with Gasteiger partial charge in [-0.1, -0.05) is 17.7 Å². The molecule has 24 heavy (non-hydrogen) atoms.